The number of rotatable bonds is 8. The SMILES string of the molecule is CNc1nc2c(ncn2[C@@H]2O[C@H](COP(=O)(O)OP(=O)(O)n3ccnc3)[C@@H](O)[C@H]2O)c(=O)[nH]1. The molecule has 3 aromatic rings. The van der Waals surface area contributed by atoms with E-state index in [2.05, 4.69) is 29.6 Å². The maximum Gasteiger partial charge on any atom is 0.480 e. The van der Waals surface area contributed by atoms with Crippen molar-refractivity contribution in [3.05, 3.63) is 35.4 Å². The molecule has 33 heavy (non-hydrogen) atoms. The highest BCUT2D eigenvalue weighted by atomic mass is 31.3. The summed E-state index contributed by atoms with van der Waals surface area (Å²) in [5, 5.41) is 23.4. The number of aliphatic hydroxyl groups is 2. The zero-order chi connectivity index (χ0) is 24.0. The van der Waals surface area contributed by atoms with E-state index in [-0.39, 0.29) is 17.1 Å². The molecule has 17 nitrogen and oxygen atoms in total. The molecule has 180 valence electrons. The smallest absolute Gasteiger partial charge is 0.387 e. The first-order chi connectivity index (χ1) is 15.5. The van der Waals surface area contributed by atoms with Gasteiger partial charge in [0, 0.05) is 19.4 Å². The molecular formula is C14H19N7O10P2. The van der Waals surface area contributed by atoms with Crippen LogP contribution in [0.5, 0.6) is 0 Å². The van der Waals surface area contributed by atoms with Gasteiger partial charge in [-0.3, -0.25) is 18.9 Å². The van der Waals surface area contributed by atoms with Crippen molar-refractivity contribution in [2.45, 2.75) is 24.5 Å². The molecule has 2 unspecified atom stereocenters. The number of aromatic nitrogens is 6. The van der Waals surface area contributed by atoms with Gasteiger partial charge >= 0.3 is 15.6 Å². The average molecular weight is 507 g/mol. The minimum Gasteiger partial charge on any atom is -0.387 e. The summed E-state index contributed by atoms with van der Waals surface area (Å²) in [5.41, 5.74) is -0.565. The second kappa shape index (κ2) is 8.72. The van der Waals surface area contributed by atoms with Crippen LogP contribution in [0.2, 0.25) is 0 Å². The maximum absolute atomic E-state index is 12.1. The molecule has 6 atom stereocenters. The molecule has 0 radical (unpaired) electrons. The minimum absolute atomic E-state index is 0.0404. The Morgan fingerprint density at radius 3 is 2.70 bits per heavy atom. The van der Waals surface area contributed by atoms with Crippen molar-refractivity contribution in [2.24, 2.45) is 0 Å². The van der Waals surface area contributed by atoms with Gasteiger partial charge in [-0.2, -0.15) is 9.29 Å². The van der Waals surface area contributed by atoms with E-state index in [1.165, 1.54) is 17.9 Å². The lowest BCUT2D eigenvalue weighted by atomic mass is 10.1. The number of H-pyrrole nitrogens is 1. The molecule has 1 saturated heterocycles. The van der Waals surface area contributed by atoms with Gasteiger partial charge in [0.1, 0.15) is 24.6 Å². The molecule has 6 N–H and O–H groups in total. The summed E-state index contributed by atoms with van der Waals surface area (Å²) in [5.74, 6) is 0.117. The Balaban J connectivity index is 1.49. The first kappa shape index (κ1) is 23.7. The number of phosphoric ester groups is 1. The van der Waals surface area contributed by atoms with Crippen LogP contribution < -0.4 is 10.9 Å². The zero-order valence-corrected chi connectivity index (χ0v) is 18.5. The lowest BCUT2D eigenvalue weighted by molar-refractivity contribution is -0.0502. The third-order valence-corrected chi connectivity index (χ3v) is 7.65. The monoisotopic (exact) mass is 507 g/mol. The van der Waals surface area contributed by atoms with E-state index in [0.29, 0.717) is 4.34 Å². The highest BCUT2D eigenvalue weighted by Crippen LogP contribution is 2.60. The molecule has 0 bridgehead atoms. The number of nitrogens with zero attached hydrogens (tertiary/aromatic N) is 5. The predicted octanol–water partition coefficient (Wildman–Crippen LogP) is -1.24. The van der Waals surface area contributed by atoms with Crippen LogP contribution in [0.25, 0.3) is 11.2 Å². The predicted molar refractivity (Wildman–Crippen MR) is 108 cm³/mol. The number of imidazole rings is 2. The second-order valence-corrected chi connectivity index (χ2v) is 10.1. The molecule has 4 heterocycles. The van der Waals surface area contributed by atoms with E-state index >= 15 is 0 Å². The number of nitrogens with one attached hydrogen (secondary N) is 2. The molecule has 1 fully saturated rings. The number of hydrogen-bond acceptors (Lipinski definition) is 12. The average Bonchev–Trinajstić information content (AvgIpc) is 3.47. The Labute approximate surface area is 183 Å². The molecule has 19 heteroatoms. The minimum atomic E-state index is -5.11. The Kier molecular flexibility index (Phi) is 6.26. The summed E-state index contributed by atoms with van der Waals surface area (Å²) in [6.45, 7) is -0.797. The first-order valence-electron chi connectivity index (χ1n) is 9.19. The van der Waals surface area contributed by atoms with Gasteiger partial charge in [-0.05, 0) is 0 Å². The van der Waals surface area contributed by atoms with Gasteiger partial charge in [-0.1, -0.05) is 0 Å². The van der Waals surface area contributed by atoms with Crippen LogP contribution in [0.3, 0.4) is 0 Å². The number of phosphoric acid groups is 1. The lowest BCUT2D eigenvalue weighted by Gasteiger charge is -2.19. The van der Waals surface area contributed by atoms with Gasteiger partial charge in [0.05, 0.1) is 12.9 Å². The van der Waals surface area contributed by atoms with Gasteiger partial charge in [-0.25, -0.2) is 23.4 Å². The molecule has 0 aromatic carbocycles. The van der Waals surface area contributed by atoms with Crippen molar-refractivity contribution in [3.63, 3.8) is 0 Å². The third kappa shape index (κ3) is 4.63. The summed E-state index contributed by atoms with van der Waals surface area (Å²) in [4.78, 5) is 45.8. The van der Waals surface area contributed by atoms with Crippen molar-refractivity contribution in [1.82, 2.24) is 28.8 Å². The second-order valence-electron chi connectivity index (χ2n) is 6.81. The van der Waals surface area contributed by atoms with Gasteiger partial charge in [0.15, 0.2) is 17.4 Å². The van der Waals surface area contributed by atoms with Gasteiger partial charge in [0.2, 0.25) is 5.95 Å². The van der Waals surface area contributed by atoms with Crippen molar-refractivity contribution in [2.75, 3.05) is 19.0 Å². The molecule has 0 spiro atoms. The van der Waals surface area contributed by atoms with E-state index in [0.717, 1.165) is 18.7 Å². The quantitative estimate of drug-likeness (QED) is 0.196. The Morgan fingerprint density at radius 1 is 1.27 bits per heavy atom. The fraction of sp³-hybridized carbons (Fsp3) is 0.429. The van der Waals surface area contributed by atoms with E-state index in [4.69, 9.17) is 9.26 Å². The Bertz CT molecular complexity index is 1290. The van der Waals surface area contributed by atoms with Crippen molar-refractivity contribution >= 4 is 32.7 Å². The first-order valence-corrected chi connectivity index (χ1v) is 12.2. The van der Waals surface area contributed by atoms with Crippen LogP contribution in [0.15, 0.2) is 29.8 Å². The van der Waals surface area contributed by atoms with Crippen LogP contribution in [-0.4, -0.2) is 80.8 Å². The van der Waals surface area contributed by atoms with Gasteiger partial charge in [0.25, 0.3) is 5.56 Å². The number of aliphatic hydroxyl groups excluding tert-OH is 2. The summed E-state index contributed by atoms with van der Waals surface area (Å²) >= 11 is 0. The van der Waals surface area contributed by atoms with Crippen molar-refractivity contribution in [1.29, 1.82) is 0 Å². The molecular weight excluding hydrogens is 488 g/mol. The Hall–Kier alpha value is -2.46. The van der Waals surface area contributed by atoms with E-state index < -0.39 is 52.3 Å². The number of fused-ring (bicyclic) bond motifs is 1. The number of ether oxygens (including phenoxy) is 1. The molecule has 0 aliphatic carbocycles. The molecule has 0 saturated carbocycles. The largest absolute Gasteiger partial charge is 0.480 e. The van der Waals surface area contributed by atoms with E-state index in [1.54, 1.807) is 0 Å². The van der Waals surface area contributed by atoms with E-state index in [9.17, 15) is 33.9 Å². The summed E-state index contributed by atoms with van der Waals surface area (Å²) in [6.07, 6.45) is -1.54. The fourth-order valence-corrected chi connectivity index (χ4v) is 5.45. The maximum atomic E-state index is 12.1. The van der Waals surface area contributed by atoms with Gasteiger partial charge in [-0.15, -0.1) is 0 Å². The Morgan fingerprint density at radius 2 is 2.03 bits per heavy atom. The molecule has 4 rings (SSSR count). The van der Waals surface area contributed by atoms with Crippen LogP contribution in [0, 0.1) is 0 Å². The highest BCUT2D eigenvalue weighted by molar-refractivity contribution is 7.63. The lowest BCUT2D eigenvalue weighted by Crippen LogP contribution is -2.33. The fourth-order valence-electron chi connectivity index (χ4n) is 3.10. The van der Waals surface area contributed by atoms with E-state index in [1.807, 2.05) is 0 Å². The van der Waals surface area contributed by atoms with Crippen molar-refractivity contribution < 1.29 is 42.7 Å². The summed E-state index contributed by atoms with van der Waals surface area (Å²) in [6, 6.07) is 0. The van der Waals surface area contributed by atoms with Crippen LogP contribution >= 0.6 is 15.6 Å². The number of hydrogen-bond donors (Lipinski definition) is 6. The van der Waals surface area contributed by atoms with Crippen LogP contribution in [-0.2, 0) is 22.7 Å². The number of anilines is 1. The standard InChI is InChI=1S/C14H19N7O10P2/c1-15-14-18-11-8(12(24)19-14)17-6-21(11)13-10(23)9(22)7(30-13)4-29-33(27,28)31-32(25,26)20-3-2-16-5-20/h2-3,5-7,9-10,13,22-23H,4H2,1H3,(H,25,26)(H,27,28)(H2,15,18,19,24)/t7-,9-,10-,13-/m1/s1. The summed E-state index contributed by atoms with van der Waals surface area (Å²) in [7, 11) is -8.38. The van der Waals surface area contributed by atoms with Crippen LogP contribution in [0.1, 0.15) is 6.23 Å². The zero-order valence-electron chi connectivity index (χ0n) is 16.7. The van der Waals surface area contributed by atoms with Crippen molar-refractivity contribution in [3.8, 4) is 0 Å². The topological polar surface area (TPSA) is 236 Å². The molecule has 1 aliphatic heterocycles. The van der Waals surface area contributed by atoms with Crippen LogP contribution in [0.4, 0.5) is 5.95 Å². The third-order valence-electron chi connectivity index (χ3n) is 4.67. The normalized spacial score (nSPS) is 26.8. The molecule has 3 aromatic heterocycles. The summed E-state index contributed by atoms with van der Waals surface area (Å²) < 4.78 is 40.6. The molecule has 1 aliphatic rings. The highest BCUT2D eigenvalue weighted by Gasteiger charge is 2.46. The number of aromatic amines is 1. The van der Waals surface area contributed by atoms with Gasteiger partial charge < -0.3 is 30.1 Å². The molecule has 0 amide bonds.